The highest BCUT2D eigenvalue weighted by Gasteiger charge is 2.32. The summed E-state index contributed by atoms with van der Waals surface area (Å²) in [7, 11) is -7.15. The van der Waals surface area contributed by atoms with Crippen LogP contribution in [0.15, 0.2) is 25.3 Å². The van der Waals surface area contributed by atoms with Crippen LogP contribution in [0.5, 0.6) is 0 Å². The minimum Gasteiger partial charge on any atom is -0.311 e. The summed E-state index contributed by atoms with van der Waals surface area (Å²) in [6, 6.07) is 0. The molecule has 0 aromatic rings. The summed E-state index contributed by atoms with van der Waals surface area (Å²) in [5.74, 6) is -0.311. The van der Waals surface area contributed by atoms with E-state index in [4.69, 9.17) is 13.6 Å². The fourth-order valence-corrected chi connectivity index (χ4v) is 4.92. The number of hydrogen-bond donors (Lipinski definition) is 2. The highest BCUT2D eigenvalue weighted by molar-refractivity contribution is 7.85. The van der Waals surface area contributed by atoms with Gasteiger partial charge in [-0.2, -0.15) is 8.42 Å². The molecule has 25 heavy (non-hydrogen) atoms. The predicted octanol–water partition coefficient (Wildman–Crippen LogP) is 3.40. The van der Waals surface area contributed by atoms with E-state index in [-0.39, 0.29) is 18.3 Å². The first-order valence-corrected chi connectivity index (χ1v) is 11.8. The molecule has 0 saturated heterocycles. The molecule has 0 spiro atoms. The maximum absolute atomic E-state index is 12.7. The fourth-order valence-electron chi connectivity index (χ4n) is 2.59. The molecule has 0 atom stereocenters. The number of hydrogen-bond acceptors (Lipinski definition) is 6. The van der Waals surface area contributed by atoms with Crippen molar-refractivity contribution in [2.24, 2.45) is 0 Å². The van der Waals surface area contributed by atoms with Gasteiger partial charge >= 0.3 is 7.60 Å². The van der Waals surface area contributed by atoms with Crippen molar-refractivity contribution in [2.75, 3.05) is 31.7 Å². The van der Waals surface area contributed by atoms with Crippen LogP contribution in [0.1, 0.15) is 39.5 Å². The van der Waals surface area contributed by atoms with Crippen molar-refractivity contribution in [1.82, 2.24) is 5.32 Å². The molecule has 0 saturated carbocycles. The lowest BCUT2D eigenvalue weighted by atomic mass is 9.88. The van der Waals surface area contributed by atoms with Gasteiger partial charge in [-0.1, -0.05) is 12.2 Å². The Balaban J connectivity index is 5.02. The topological polar surface area (TPSA) is 102 Å². The SMILES string of the molecule is C=CCC(CC=C)(CCP(=O)(OCC)OCC)NCCCS(=O)(=O)O. The van der Waals surface area contributed by atoms with Gasteiger partial charge in [-0.15, -0.1) is 13.2 Å². The molecular weight excluding hydrogens is 365 g/mol. The van der Waals surface area contributed by atoms with E-state index in [0.717, 1.165) is 0 Å². The van der Waals surface area contributed by atoms with E-state index >= 15 is 0 Å². The van der Waals surface area contributed by atoms with Gasteiger partial charge in [0.15, 0.2) is 0 Å². The minimum atomic E-state index is -3.98. The molecule has 0 aromatic carbocycles. The van der Waals surface area contributed by atoms with Crippen LogP contribution in [-0.2, 0) is 23.7 Å². The molecule has 9 heteroatoms. The minimum absolute atomic E-state index is 0.238. The first-order valence-electron chi connectivity index (χ1n) is 8.46. The fraction of sp³-hybridized carbons (Fsp3) is 0.750. The highest BCUT2D eigenvalue weighted by Crippen LogP contribution is 2.49. The third kappa shape index (κ3) is 10.9. The summed E-state index contributed by atoms with van der Waals surface area (Å²) in [5.41, 5.74) is -0.466. The maximum Gasteiger partial charge on any atom is 0.330 e. The van der Waals surface area contributed by atoms with Crippen molar-refractivity contribution in [3.05, 3.63) is 25.3 Å². The van der Waals surface area contributed by atoms with Gasteiger partial charge in [0.25, 0.3) is 10.1 Å². The van der Waals surface area contributed by atoms with Gasteiger partial charge in [-0.3, -0.25) is 9.12 Å². The van der Waals surface area contributed by atoms with E-state index < -0.39 is 23.3 Å². The molecule has 0 amide bonds. The Morgan fingerprint density at radius 3 is 2.08 bits per heavy atom. The van der Waals surface area contributed by atoms with Crippen LogP contribution in [0.25, 0.3) is 0 Å². The standard InChI is InChI=1S/C16H32NO6PS/c1-5-10-16(11-6-2,17-13-9-15-25(19,20)21)12-14-24(18,22-7-3)23-8-4/h5-6,17H,1-2,7-15H2,3-4H3,(H,19,20,21). The van der Waals surface area contributed by atoms with Gasteiger partial charge in [0, 0.05) is 5.54 Å². The van der Waals surface area contributed by atoms with Crippen LogP contribution in [0.3, 0.4) is 0 Å². The molecule has 7 nitrogen and oxygen atoms in total. The van der Waals surface area contributed by atoms with Crippen molar-refractivity contribution in [3.8, 4) is 0 Å². The quantitative estimate of drug-likeness (QED) is 0.178. The van der Waals surface area contributed by atoms with E-state index in [1.165, 1.54) is 0 Å². The third-order valence-electron chi connectivity index (χ3n) is 3.67. The Hall–Kier alpha value is -0.500. The van der Waals surface area contributed by atoms with Crippen molar-refractivity contribution < 1.29 is 26.6 Å². The van der Waals surface area contributed by atoms with E-state index in [2.05, 4.69) is 18.5 Å². The Morgan fingerprint density at radius 1 is 1.16 bits per heavy atom. The van der Waals surface area contributed by atoms with Crippen LogP contribution in [-0.4, -0.2) is 50.2 Å². The molecular formula is C16H32NO6PS. The predicted molar refractivity (Wildman–Crippen MR) is 102 cm³/mol. The second-order valence-corrected chi connectivity index (χ2v) is 9.51. The zero-order valence-electron chi connectivity index (χ0n) is 15.3. The largest absolute Gasteiger partial charge is 0.330 e. The number of nitrogens with one attached hydrogen (secondary N) is 1. The Labute approximate surface area is 152 Å². The molecule has 0 aliphatic heterocycles. The first-order chi connectivity index (χ1) is 11.7. The van der Waals surface area contributed by atoms with Crippen molar-refractivity contribution >= 4 is 17.7 Å². The average Bonchev–Trinajstić information content (AvgIpc) is 2.50. The third-order valence-corrected chi connectivity index (χ3v) is 6.54. The lowest BCUT2D eigenvalue weighted by Crippen LogP contribution is -2.46. The smallest absolute Gasteiger partial charge is 0.311 e. The van der Waals surface area contributed by atoms with Gasteiger partial charge in [0.2, 0.25) is 0 Å². The molecule has 2 N–H and O–H groups in total. The van der Waals surface area contributed by atoms with Gasteiger partial charge in [0.1, 0.15) is 0 Å². The number of rotatable bonds is 16. The molecule has 0 fully saturated rings. The van der Waals surface area contributed by atoms with Crippen LogP contribution in [0.2, 0.25) is 0 Å². The second kappa shape index (κ2) is 12.0. The Kier molecular flexibility index (Phi) is 11.8. The highest BCUT2D eigenvalue weighted by atomic mass is 32.2. The van der Waals surface area contributed by atoms with E-state index in [0.29, 0.717) is 39.0 Å². The zero-order chi connectivity index (χ0) is 19.4. The van der Waals surface area contributed by atoms with Crippen LogP contribution < -0.4 is 5.32 Å². The lowest BCUT2D eigenvalue weighted by Gasteiger charge is -2.34. The van der Waals surface area contributed by atoms with Crippen molar-refractivity contribution in [1.29, 1.82) is 0 Å². The van der Waals surface area contributed by atoms with E-state index in [1.807, 2.05) is 0 Å². The van der Waals surface area contributed by atoms with E-state index in [1.54, 1.807) is 26.0 Å². The summed E-state index contributed by atoms with van der Waals surface area (Å²) >= 11 is 0. The molecule has 0 heterocycles. The molecule has 0 aliphatic rings. The Morgan fingerprint density at radius 2 is 1.68 bits per heavy atom. The average molecular weight is 397 g/mol. The van der Waals surface area contributed by atoms with Gasteiger partial charge in [0.05, 0.1) is 25.1 Å². The zero-order valence-corrected chi connectivity index (χ0v) is 17.0. The Bertz CT molecular complexity index is 529. The summed E-state index contributed by atoms with van der Waals surface area (Å²) in [6.45, 7) is 12.1. The monoisotopic (exact) mass is 397 g/mol. The summed E-state index contributed by atoms with van der Waals surface area (Å²) in [4.78, 5) is 0. The molecule has 0 aromatic heterocycles. The van der Waals surface area contributed by atoms with Gasteiger partial charge < -0.3 is 14.4 Å². The van der Waals surface area contributed by atoms with Crippen molar-refractivity contribution in [2.45, 2.75) is 45.1 Å². The summed E-state index contributed by atoms with van der Waals surface area (Å²) in [5, 5.41) is 3.31. The normalized spacial score (nSPS) is 12.9. The molecule has 0 aliphatic carbocycles. The maximum atomic E-state index is 12.7. The second-order valence-electron chi connectivity index (χ2n) is 5.75. The van der Waals surface area contributed by atoms with Gasteiger partial charge in [-0.05, 0) is 46.1 Å². The first kappa shape index (κ1) is 24.5. The summed E-state index contributed by atoms with van der Waals surface area (Å²) < 4.78 is 53.9. The molecule has 148 valence electrons. The van der Waals surface area contributed by atoms with E-state index in [9.17, 15) is 13.0 Å². The molecule has 0 unspecified atom stereocenters. The van der Waals surface area contributed by atoms with Crippen molar-refractivity contribution in [3.63, 3.8) is 0 Å². The lowest BCUT2D eigenvalue weighted by molar-refractivity contribution is 0.214. The molecule has 0 bridgehead atoms. The summed E-state index contributed by atoms with van der Waals surface area (Å²) in [6.07, 6.45) is 5.68. The van der Waals surface area contributed by atoms with Crippen LogP contribution in [0, 0.1) is 0 Å². The van der Waals surface area contributed by atoms with Crippen LogP contribution in [0.4, 0.5) is 0 Å². The molecule has 0 radical (unpaired) electrons. The van der Waals surface area contributed by atoms with Gasteiger partial charge in [-0.25, -0.2) is 0 Å². The van der Waals surface area contributed by atoms with Crippen LogP contribution >= 0.6 is 7.60 Å². The molecule has 0 rings (SSSR count).